The quantitative estimate of drug-likeness (QED) is 0.428. The summed E-state index contributed by atoms with van der Waals surface area (Å²) in [5.74, 6) is 13.0. The Balaban J connectivity index is 1.58. The average Bonchev–Trinajstić information content (AvgIpc) is 3.11. The largest absolute Gasteiger partial charge is 0.336 e. The van der Waals surface area contributed by atoms with Crippen molar-refractivity contribution in [2.75, 3.05) is 0 Å². The highest BCUT2D eigenvalue weighted by Crippen LogP contribution is 2.14. The first kappa shape index (κ1) is 15.8. The zero-order chi connectivity index (χ0) is 17.6. The maximum Gasteiger partial charge on any atom is 0.0841 e. The molecule has 0 spiro atoms. The van der Waals surface area contributed by atoms with Crippen molar-refractivity contribution in [3.05, 3.63) is 108 Å². The van der Waals surface area contributed by atoms with Gasteiger partial charge >= 0.3 is 0 Å². The van der Waals surface area contributed by atoms with Gasteiger partial charge < -0.3 is 4.57 Å². The maximum absolute atomic E-state index is 3.28. The Bertz CT molecular complexity index is 1160. The number of rotatable bonds is 1. The fourth-order valence-electron chi connectivity index (χ4n) is 2.86. The molecule has 1 heterocycles. The molecule has 0 unspecified atom stereocenters. The topological polar surface area (TPSA) is 4.93 Å². The second-order valence-electron chi connectivity index (χ2n) is 5.97. The van der Waals surface area contributed by atoms with Crippen molar-refractivity contribution >= 4 is 10.9 Å². The van der Waals surface area contributed by atoms with E-state index in [9.17, 15) is 0 Å². The van der Waals surface area contributed by atoms with Crippen LogP contribution in [0.5, 0.6) is 0 Å². The van der Waals surface area contributed by atoms with E-state index in [1.165, 1.54) is 10.9 Å². The Morgan fingerprint density at radius 1 is 0.615 bits per heavy atom. The summed E-state index contributed by atoms with van der Waals surface area (Å²) in [6, 6.07) is 28.5. The molecule has 1 aromatic heterocycles. The Morgan fingerprint density at radius 2 is 1.31 bits per heavy atom. The molecular weight excluding hydrogens is 314 g/mol. The van der Waals surface area contributed by atoms with Crippen LogP contribution in [0.2, 0.25) is 0 Å². The molecule has 0 bridgehead atoms. The molecule has 0 radical (unpaired) electrons. The summed E-state index contributed by atoms with van der Waals surface area (Å²) in [6.07, 6.45) is 2.08. The van der Waals surface area contributed by atoms with Gasteiger partial charge in [-0.2, -0.15) is 0 Å². The molecule has 3 aromatic carbocycles. The molecule has 1 heteroatoms. The van der Waals surface area contributed by atoms with Crippen LogP contribution in [0.4, 0.5) is 0 Å². The van der Waals surface area contributed by atoms with Crippen LogP contribution in [0.25, 0.3) is 10.9 Å². The molecule has 0 saturated carbocycles. The maximum atomic E-state index is 3.28. The lowest BCUT2D eigenvalue weighted by atomic mass is 10.1. The van der Waals surface area contributed by atoms with E-state index in [0.29, 0.717) is 6.54 Å². The van der Waals surface area contributed by atoms with E-state index >= 15 is 0 Å². The van der Waals surface area contributed by atoms with Gasteiger partial charge in [0.1, 0.15) is 0 Å². The number of nitrogens with zero attached hydrogens (tertiary/aromatic N) is 1. The van der Waals surface area contributed by atoms with Crippen LogP contribution in [0.15, 0.2) is 91.1 Å². The van der Waals surface area contributed by atoms with E-state index in [-0.39, 0.29) is 0 Å². The predicted molar refractivity (Wildman–Crippen MR) is 108 cm³/mol. The van der Waals surface area contributed by atoms with E-state index < -0.39 is 0 Å². The minimum atomic E-state index is 0.661. The molecule has 4 rings (SSSR count). The third kappa shape index (κ3) is 3.54. The highest BCUT2D eigenvalue weighted by Gasteiger charge is 1.98. The number of aromatic nitrogens is 1. The summed E-state index contributed by atoms with van der Waals surface area (Å²) < 4.78 is 2.17. The highest BCUT2D eigenvalue weighted by atomic mass is 14.9. The van der Waals surface area contributed by atoms with Gasteiger partial charge in [-0.15, -0.1) is 0 Å². The summed E-state index contributed by atoms with van der Waals surface area (Å²) in [7, 11) is 0. The van der Waals surface area contributed by atoms with Crippen LogP contribution in [0.1, 0.15) is 16.7 Å². The van der Waals surface area contributed by atoms with Gasteiger partial charge in [-0.1, -0.05) is 72.2 Å². The van der Waals surface area contributed by atoms with Gasteiger partial charge in [-0.25, -0.2) is 0 Å². The van der Waals surface area contributed by atoms with E-state index in [2.05, 4.69) is 64.8 Å². The molecule has 1 nitrogen and oxygen atoms in total. The number of fused-ring (bicyclic) bond motifs is 1. The predicted octanol–water partition coefficient (Wildman–Crippen LogP) is 5.09. The fourth-order valence-corrected chi connectivity index (χ4v) is 2.86. The summed E-state index contributed by atoms with van der Waals surface area (Å²) in [4.78, 5) is 0. The van der Waals surface area contributed by atoms with Crippen molar-refractivity contribution in [2.45, 2.75) is 6.54 Å². The molecule has 4 aromatic rings. The van der Waals surface area contributed by atoms with Gasteiger partial charge in [0.05, 0.1) is 6.54 Å². The second kappa shape index (κ2) is 7.47. The molecule has 0 aliphatic rings. The molecule has 122 valence electrons. The molecule has 0 N–H and O–H groups in total. The van der Waals surface area contributed by atoms with E-state index in [1.54, 1.807) is 0 Å². The van der Waals surface area contributed by atoms with Gasteiger partial charge in [0.2, 0.25) is 0 Å². The van der Waals surface area contributed by atoms with Crippen molar-refractivity contribution in [2.24, 2.45) is 0 Å². The third-order valence-corrected chi connectivity index (χ3v) is 4.20. The van der Waals surface area contributed by atoms with Crippen molar-refractivity contribution in [1.29, 1.82) is 0 Å². The molecular formula is C25H17N. The summed E-state index contributed by atoms with van der Waals surface area (Å²) in [5.41, 5.74) is 4.14. The molecule has 0 fully saturated rings. The molecule has 26 heavy (non-hydrogen) atoms. The zero-order valence-electron chi connectivity index (χ0n) is 14.3. The van der Waals surface area contributed by atoms with Crippen molar-refractivity contribution in [3.8, 4) is 23.7 Å². The summed E-state index contributed by atoms with van der Waals surface area (Å²) in [6.45, 7) is 0.661. The van der Waals surface area contributed by atoms with Gasteiger partial charge in [0.15, 0.2) is 0 Å². The molecule has 0 aliphatic heterocycles. The Morgan fingerprint density at radius 3 is 2.15 bits per heavy atom. The smallest absolute Gasteiger partial charge is 0.0841 e. The lowest BCUT2D eigenvalue weighted by Crippen LogP contribution is -1.93. The van der Waals surface area contributed by atoms with E-state index in [0.717, 1.165) is 16.7 Å². The fraction of sp³-hybridized carbons (Fsp3) is 0.0400. The van der Waals surface area contributed by atoms with Gasteiger partial charge in [0, 0.05) is 28.4 Å². The highest BCUT2D eigenvalue weighted by molar-refractivity contribution is 5.80. The number of hydrogen-bond donors (Lipinski definition) is 0. The van der Waals surface area contributed by atoms with Gasteiger partial charge in [-0.3, -0.25) is 0 Å². The molecule has 0 aliphatic carbocycles. The van der Waals surface area contributed by atoms with Gasteiger partial charge in [0.25, 0.3) is 0 Å². The monoisotopic (exact) mass is 331 g/mol. The number of para-hydroxylation sites is 1. The Labute approximate surface area is 153 Å². The lowest BCUT2D eigenvalue weighted by Gasteiger charge is -1.99. The van der Waals surface area contributed by atoms with E-state index in [4.69, 9.17) is 0 Å². The first-order valence-electron chi connectivity index (χ1n) is 8.59. The van der Waals surface area contributed by atoms with E-state index in [1.807, 2.05) is 54.6 Å². The molecule has 0 amide bonds. The standard InChI is InChI=1S/C25H17N/c1-2-9-21(10-3-1)16-17-23-12-5-4-11-22(23)14-8-19-26-20-18-24-13-6-7-15-25(24)26/h1-7,9-13,15,18,20H,19H2. The van der Waals surface area contributed by atoms with Crippen LogP contribution >= 0.6 is 0 Å². The zero-order valence-corrected chi connectivity index (χ0v) is 14.3. The van der Waals surface area contributed by atoms with Crippen molar-refractivity contribution < 1.29 is 0 Å². The van der Waals surface area contributed by atoms with Crippen molar-refractivity contribution in [3.63, 3.8) is 0 Å². The normalized spacial score (nSPS) is 9.85. The van der Waals surface area contributed by atoms with Crippen LogP contribution in [0, 0.1) is 23.7 Å². The Hall–Kier alpha value is -3.68. The van der Waals surface area contributed by atoms with Crippen LogP contribution < -0.4 is 0 Å². The first-order valence-corrected chi connectivity index (χ1v) is 8.59. The Kier molecular flexibility index (Phi) is 4.55. The number of benzene rings is 3. The summed E-state index contributed by atoms with van der Waals surface area (Å²) in [5, 5.41) is 1.24. The summed E-state index contributed by atoms with van der Waals surface area (Å²) >= 11 is 0. The minimum Gasteiger partial charge on any atom is -0.336 e. The second-order valence-corrected chi connectivity index (χ2v) is 5.97. The average molecular weight is 331 g/mol. The molecule has 0 saturated heterocycles. The van der Waals surface area contributed by atoms with Crippen LogP contribution in [-0.2, 0) is 6.54 Å². The van der Waals surface area contributed by atoms with Crippen LogP contribution in [0.3, 0.4) is 0 Å². The number of hydrogen-bond acceptors (Lipinski definition) is 0. The van der Waals surface area contributed by atoms with Crippen molar-refractivity contribution in [1.82, 2.24) is 4.57 Å². The lowest BCUT2D eigenvalue weighted by molar-refractivity contribution is 0.886. The molecule has 0 atom stereocenters. The third-order valence-electron chi connectivity index (χ3n) is 4.20. The van der Waals surface area contributed by atoms with Gasteiger partial charge in [-0.05, 0) is 41.8 Å². The van der Waals surface area contributed by atoms with Crippen LogP contribution in [-0.4, -0.2) is 4.57 Å². The SMILES string of the molecule is C(#Cc1ccccc1C#Cc1ccccc1)Cn1ccc2ccccc21. The minimum absolute atomic E-state index is 0.661. The first-order chi connectivity index (χ1) is 12.9.